The van der Waals surface area contributed by atoms with E-state index in [0.717, 1.165) is 13.2 Å². The Labute approximate surface area is 53.4 Å². The van der Waals surface area contributed by atoms with Crippen molar-refractivity contribution in [3.63, 3.8) is 0 Å². The summed E-state index contributed by atoms with van der Waals surface area (Å²) in [6.45, 7) is 1.49. The highest BCUT2D eigenvalue weighted by atomic mass is 16.5. The lowest BCUT2D eigenvalue weighted by atomic mass is 10.1. The molecular formula is C6H9NO2. The maximum atomic E-state index is 10.7. The monoisotopic (exact) mass is 127 g/mol. The van der Waals surface area contributed by atoms with Crippen LogP contribution in [0.4, 0.5) is 0 Å². The molecule has 0 aromatic carbocycles. The van der Waals surface area contributed by atoms with Gasteiger partial charge in [0.05, 0.1) is 19.3 Å². The van der Waals surface area contributed by atoms with E-state index in [1.165, 1.54) is 0 Å². The average molecular weight is 127 g/mol. The molecule has 50 valence electrons. The van der Waals surface area contributed by atoms with Crippen LogP contribution in [0.2, 0.25) is 0 Å². The molecular weight excluding hydrogens is 118 g/mol. The van der Waals surface area contributed by atoms with Crippen LogP contribution in [0, 0.1) is 5.92 Å². The molecule has 0 aromatic heterocycles. The fourth-order valence-corrected chi connectivity index (χ4v) is 1.46. The van der Waals surface area contributed by atoms with Gasteiger partial charge in [-0.05, 0) is 0 Å². The summed E-state index contributed by atoms with van der Waals surface area (Å²) < 4.78 is 5.15. The molecule has 1 amide bonds. The van der Waals surface area contributed by atoms with Gasteiger partial charge in [-0.2, -0.15) is 0 Å². The first-order valence-corrected chi connectivity index (χ1v) is 3.23. The van der Waals surface area contributed by atoms with E-state index in [0.29, 0.717) is 18.4 Å². The molecule has 2 heterocycles. The lowest BCUT2D eigenvalue weighted by Crippen LogP contribution is -2.28. The maximum Gasteiger partial charge on any atom is 0.220 e. The molecule has 0 bridgehead atoms. The smallest absolute Gasteiger partial charge is 0.220 e. The van der Waals surface area contributed by atoms with Crippen LogP contribution in [0.1, 0.15) is 6.42 Å². The molecule has 0 aliphatic carbocycles. The number of hydrogen-bond donors (Lipinski definition) is 1. The summed E-state index contributed by atoms with van der Waals surface area (Å²) in [7, 11) is 0. The number of carbonyl (C=O) groups is 1. The van der Waals surface area contributed by atoms with Crippen molar-refractivity contribution < 1.29 is 9.53 Å². The van der Waals surface area contributed by atoms with E-state index >= 15 is 0 Å². The van der Waals surface area contributed by atoms with Crippen LogP contribution in [0.3, 0.4) is 0 Å². The molecule has 0 saturated carbocycles. The third-order valence-electron chi connectivity index (χ3n) is 1.99. The second-order valence-electron chi connectivity index (χ2n) is 2.68. The van der Waals surface area contributed by atoms with Crippen LogP contribution < -0.4 is 5.32 Å². The van der Waals surface area contributed by atoms with Gasteiger partial charge in [0.15, 0.2) is 0 Å². The van der Waals surface area contributed by atoms with Crippen LogP contribution in [-0.4, -0.2) is 25.2 Å². The van der Waals surface area contributed by atoms with E-state index < -0.39 is 0 Å². The standard InChI is InChI=1S/C6H9NO2/c8-6-1-4-2-9-3-5(4)7-6/h4-5H,1-3H2,(H,7,8)/t4-,5-/m0/s1. The predicted molar refractivity (Wildman–Crippen MR) is 30.9 cm³/mol. The maximum absolute atomic E-state index is 10.7. The fourth-order valence-electron chi connectivity index (χ4n) is 1.46. The minimum absolute atomic E-state index is 0.188. The molecule has 9 heavy (non-hydrogen) atoms. The zero-order valence-electron chi connectivity index (χ0n) is 5.09. The molecule has 2 aliphatic heterocycles. The average Bonchev–Trinajstić information content (AvgIpc) is 2.22. The Morgan fingerprint density at radius 2 is 2.44 bits per heavy atom. The molecule has 3 nitrogen and oxygen atoms in total. The molecule has 1 N–H and O–H groups in total. The molecule has 2 aliphatic rings. The van der Waals surface area contributed by atoms with Gasteiger partial charge in [-0.15, -0.1) is 0 Å². The summed E-state index contributed by atoms with van der Waals surface area (Å²) in [5.41, 5.74) is 0. The second kappa shape index (κ2) is 1.70. The molecule has 2 saturated heterocycles. The van der Waals surface area contributed by atoms with Gasteiger partial charge >= 0.3 is 0 Å². The van der Waals surface area contributed by atoms with E-state index in [1.807, 2.05) is 0 Å². The third-order valence-corrected chi connectivity index (χ3v) is 1.99. The summed E-state index contributed by atoms with van der Waals surface area (Å²) in [5.74, 6) is 0.658. The van der Waals surface area contributed by atoms with Crippen LogP contribution in [0.25, 0.3) is 0 Å². The Balaban J connectivity index is 2.09. The van der Waals surface area contributed by atoms with Crippen molar-refractivity contribution in [1.82, 2.24) is 5.32 Å². The number of hydrogen-bond acceptors (Lipinski definition) is 2. The van der Waals surface area contributed by atoms with E-state index in [4.69, 9.17) is 4.74 Å². The second-order valence-corrected chi connectivity index (χ2v) is 2.68. The van der Waals surface area contributed by atoms with Crippen molar-refractivity contribution in [2.45, 2.75) is 12.5 Å². The minimum atomic E-state index is 0.188. The Hall–Kier alpha value is -0.570. The Morgan fingerprint density at radius 3 is 3.22 bits per heavy atom. The minimum Gasteiger partial charge on any atom is -0.379 e. The predicted octanol–water partition coefficient (Wildman–Crippen LogP) is -0.479. The van der Waals surface area contributed by atoms with Crippen molar-refractivity contribution in [3.05, 3.63) is 0 Å². The highest BCUT2D eigenvalue weighted by Crippen LogP contribution is 2.22. The highest BCUT2D eigenvalue weighted by molar-refractivity contribution is 5.79. The first-order valence-electron chi connectivity index (χ1n) is 3.23. The molecule has 0 radical (unpaired) electrons. The van der Waals surface area contributed by atoms with Crippen LogP contribution in [0.5, 0.6) is 0 Å². The van der Waals surface area contributed by atoms with Gasteiger partial charge in [0.2, 0.25) is 5.91 Å². The fraction of sp³-hybridized carbons (Fsp3) is 0.833. The van der Waals surface area contributed by atoms with Crippen molar-refractivity contribution >= 4 is 5.91 Å². The van der Waals surface area contributed by atoms with Gasteiger partial charge < -0.3 is 10.1 Å². The molecule has 0 spiro atoms. The normalized spacial score (nSPS) is 40.7. The van der Waals surface area contributed by atoms with E-state index in [1.54, 1.807) is 0 Å². The Bertz CT molecular complexity index is 132. The van der Waals surface area contributed by atoms with E-state index in [-0.39, 0.29) is 5.91 Å². The number of fused-ring (bicyclic) bond motifs is 1. The highest BCUT2D eigenvalue weighted by Gasteiger charge is 2.36. The summed E-state index contributed by atoms with van der Waals surface area (Å²) >= 11 is 0. The van der Waals surface area contributed by atoms with Crippen LogP contribution >= 0.6 is 0 Å². The lowest BCUT2D eigenvalue weighted by Gasteiger charge is -2.01. The molecule has 0 aromatic rings. The van der Waals surface area contributed by atoms with Gasteiger partial charge in [0.1, 0.15) is 0 Å². The number of ether oxygens (including phenoxy) is 1. The topological polar surface area (TPSA) is 38.3 Å². The number of amides is 1. The summed E-state index contributed by atoms with van der Waals surface area (Å²) in [6.07, 6.45) is 0.671. The number of carbonyl (C=O) groups excluding carboxylic acids is 1. The Morgan fingerprint density at radius 1 is 1.56 bits per heavy atom. The molecule has 2 fully saturated rings. The molecule has 0 unspecified atom stereocenters. The van der Waals surface area contributed by atoms with Crippen molar-refractivity contribution in [2.75, 3.05) is 13.2 Å². The summed E-state index contributed by atoms with van der Waals surface area (Å²) in [6, 6.07) is 0.331. The first kappa shape index (κ1) is 5.23. The summed E-state index contributed by atoms with van der Waals surface area (Å²) in [5, 5.41) is 2.85. The molecule has 2 atom stereocenters. The van der Waals surface area contributed by atoms with Crippen molar-refractivity contribution in [3.8, 4) is 0 Å². The van der Waals surface area contributed by atoms with Crippen LogP contribution in [0.15, 0.2) is 0 Å². The van der Waals surface area contributed by atoms with Gasteiger partial charge in [0, 0.05) is 12.3 Å². The van der Waals surface area contributed by atoms with Gasteiger partial charge in [0.25, 0.3) is 0 Å². The van der Waals surface area contributed by atoms with Crippen molar-refractivity contribution in [2.24, 2.45) is 5.92 Å². The largest absolute Gasteiger partial charge is 0.379 e. The Kier molecular flexibility index (Phi) is 0.990. The zero-order chi connectivity index (χ0) is 6.27. The van der Waals surface area contributed by atoms with Gasteiger partial charge in [-0.25, -0.2) is 0 Å². The lowest BCUT2D eigenvalue weighted by molar-refractivity contribution is -0.120. The quantitative estimate of drug-likeness (QED) is 0.477. The SMILES string of the molecule is O=C1C[C@H]2COC[C@@H]2N1. The van der Waals surface area contributed by atoms with Crippen molar-refractivity contribution in [1.29, 1.82) is 0 Å². The zero-order valence-corrected chi connectivity index (χ0v) is 5.09. The van der Waals surface area contributed by atoms with Gasteiger partial charge in [-0.1, -0.05) is 0 Å². The first-order chi connectivity index (χ1) is 4.36. The van der Waals surface area contributed by atoms with Gasteiger partial charge in [-0.3, -0.25) is 4.79 Å². The molecule has 2 rings (SSSR count). The summed E-state index contributed by atoms with van der Waals surface area (Å²) in [4.78, 5) is 10.7. The third kappa shape index (κ3) is 0.721. The molecule has 3 heteroatoms. The van der Waals surface area contributed by atoms with E-state index in [9.17, 15) is 4.79 Å². The number of rotatable bonds is 0. The van der Waals surface area contributed by atoms with E-state index in [2.05, 4.69) is 5.32 Å². The van der Waals surface area contributed by atoms with Crippen LogP contribution in [-0.2, 0) is 9.53 Å². The number of nitrogens with one attached hydrogen (secondary N) is 1.